The van der Waals surface area contributed by atoms with E-state index in [1.807, 2.05) is 12.4 Å². The smallest absolute Gasteiger partial charge is 0.203 e. The molecule has 1 fully saturated rings. The van der Waals surface area contributed by atoms with E-state index in [-0.39, 0.29) is 0 Å². The van der Waals surface area contributed by atoms with Gasteiger partial charge in [-0.3, -0.25) is 0 Å². The Bertz CT molecular complexity index is 321. The summed E-state index contributed by atoms with van der Waals surface area (Å²) in [6, 6.07) is 0.396. The summed E-state index contributed by atoms with van der Waals surface area (Å²) in [4.78, 5) is 4.34. The Morgan fingerprint density at radius 2 is 2.59 bits per heavy atom. The molecule has 17 heavy (non-hydrogen) atoms. The lowest BCUT2D eigenvalue weighted by atomic mass is 10.1. The fourth-order valence-electron chi connectivity index (χ4n) is 2.05. The molecule has 0 radical (unpaired) electrons. The first-order chi connectivity index (χ1) is 8.40. The van der Waals surface area contributed by atoms with Crippen molar-refractivity contribution >= 4 is 5.95 Å². The molecule has 0 bridgehead atoms. The summed E-state index contributed by atoms with van der Waals surface area (Å²) in [6.45, 7) is 3.39. The summed E-state index contributed by atoms with van der Waals surface area (Å²) in [6.07, 6.45) is 7.12. The first-order valence-corrected chi connectivity index (χ1v) is 6.24. The van der Waals surface area contributed by atoms with Gasteiger partial charge in [-0.25, -0.2) is 4.98 Å². The molecular formula is C12H21N3O2. The number of imidazole rings is 1. The quantitative estimate of drug-likeness (QED) is 0.764. The Kier molecular flexibility index (Phi) is 4.82. The topological polar surface area (TPSA) is 48.3 Å². The van der Waals surface area contributed by atoms with Crippen LogP contribution in [0.2, 0.25) is 0 Å². The lowest BCUT2D eigenvalue weighted by Crippen LogP contribution is -2.31. The Morgan fingerprint density at radius 1 is 1.65 bits per heavy atom. The van der Waals surface area contributed by atoms with Crippen LogP contribution >= 0.6 is 0 Å². The second kappa shape index (κ2) is 6.61. The molecule has 1 aromatic rings. The highest BCUT2D eigenvalue weighted by atomic mass is 16.5. The minimum absolute atomic E-state index is 0.396. The molecule has 0 amide bonds. The molecule has 2 heterocycles. The van der Waals surface area contributed by atoms with Gasteiger partial charge in [0.1, 0.15) is 0 Å². The van der Waals surface area contributed by atoms with Gasteiger partial charge >= 0.3 is 0 Å². The maximum absolute atomic E-state index is 5.45. The van der Waals surface area contributed by atoms with E-state index >= 15 is 0 Å². The number of nitrogens with one attached hydrogen (secondary N) is 1. The van der Waals surface area contributed by atoms with Crippen molar-refractivity contribution in [1.82, 2.24) is 9.55 Å². The molecule has 96 valence electrons. The lowest BCUT2D eigenvalue weighted by Gasteiger charge is -2.23. The number of methoxy groups -OCH3 is 1. The maximum atomic E-state index is 5.45. The van der Waals surface area contributed by atoms with Crippen LogP contribution in [0.25, 0.3) is 0 Å². The normalized spacial score (nSPS) is 20.4. The van der Waals surface area contributed by atoms with Crippen molar-refractivity contribution in [3.8, 4) is 0 Å². The number of nitrogens with zero attached hydrogens (tertiary/aromatic N) is 2. The third-order valence-corrected chi connectivity index (χ3v) is 2.96. The van der Waals surface area contributed by atoms with Crippen LogP contribution in [0, 0.1) is 0 Å². The highest BCUT2D eigenvalue weighted by Crippen LogP contribution is 2.13. The van der Waals surface area contributed by atoms with Crippen molar-refractivity contribution < 1.29 is 9.47 Å². The summed E-state index contributed by atoms with van der Waals surface area (Å²) < 4.78 is 12.6. The average Bonchev–Trinajstić information content (AvgIpc) is 2.79. The van der Waals surface area contributed by atoms with E-state index in [0.717, 1.165) is 51.6 Å². The van der Waals surface area contributed by atoms with Gasteiger partial charge in [0.05, 0.1) is 12.6 Å². The van der Waals surface area contributed by atoms with Gasteiger partial charge in [0.2, 0.25) is 5.95 Å². The fraction of sp³-hybridized carbons (Fsp3) is 0.750. The zero-order chi connectivity index (χ0) is 11.9. The van der Waals surface area contributed by atoms with Crippen LogP contribution in [0.5, 0.6) is 0 Å². The highest BCUT2D eigenvalue weighted by Gasteiger charge is 2.15. The van der Waals surface area contributed by atoms with Gasteiger partial charge in [-0.1, -0.05) is 0 Å². The molecular weight excluding hydrogens is 218 g/mol. The van der Waals surface area contributed by atoms with Crippen LogP contribution in [-0.2, 0) is 16.0 Å². The molecule has 2 rings (SSSR count). The molecule has 1 aliphatic rings. The minimum atomic E-state index is 0.396. The molecule has 0 aliphatic carbocycles. The number of anilines is 1. The van der Waals surface area contributed by atoms with E-state index in [1.54, 1.807) is 7.11 Å². The molecule has 1 aliphatic heterocycles. The third kappa shape index (κ3) is 3.71. The molecule has 1 N–H and O–H groups in total. The lowest BCUT2D eigenvalue weighted by molar-refractivity contribution is 0.0873. The first kappa shape index (κ1) is 12.4. The summed E-state index contributed by atoms with van der Waals surface area (Å²) in [5.74, 6) is 0.941. The Balaban J connectivity index is 1.84. The summed E-state index contributed by atoms with van der Waals surface area (Å²) in [7, 11) is 1.73. The number of ether oxygens (including phenoxy) is 2. The standard InChI is InChI=1S/C12H21N3O2/c1-16-8-3-6-15-7-5-13-12(15)14-11-4-2-9-17-10-11/h5,7,11H,2-4,6,8-10H2,1H3,(H,13,14). The fourth-order valence-corrected chi connectivity index (χ4v) is 2.05. The van der Waals surface area contributed by atoms with Crippen LogP contribution in [0.15, 0.2) is 12.4 Å². The second-order valence-electron chi connectivity index (χ2n) is 4.35. The van der Waals surface area contributed by atoms with Gasteiger partial charge in [-0.05, 0) is 19.3 Å². The van der Waals surface area contributed by atoms with Crippen molar-refractivity contribution in [2.75, 3.05) is 32.2 Å². The van der Waals surface area contributed by atoms with Crippen LogP contribution in [-0.4, -0.2) is 42.5 Å². The Hall–Kier alpha value is -1.07. The van der Waals surface area contributed by atoms with Crippen molar-refractivity contribution in [3.05, 3.63) is 12.4 Å². The summed E-state index contributed by atoms with van der Waals surface area (Å²) in [5, 5.41) is 3.44. The first-order valence-electron chi connectivity index (χ1n) is 6.24. The Morgan fingerprint density at radius 3 is 3.35 bits per heavy atom. The summed E-state index contributed by atoms with van der Waals surface area (Å²) in [5.41, 5.74) is 0. The van der Waals surface area contributed by atoms with Gasteiger partial charge < -0.3 is 19.4 Å². The van der Waals surface area contributed by atoms with Crippen LogP contribution in [0.1, 0.15) is 19.3 Å². The van der Waals surface area contributed by atoms with Crippen LogP contribution < -0.4 is 5.32 Å². The third-order valence-electron chi connectivity index (χ3n) is 2.96. The van der Waals surface area contributed by atoms with Gasteiger partial charge in [0.15, 0.2) is 0 Å². The second-order valence-corrected chi connectivity index (χ2v) is 4.35. The highest BCUT2D eigenvalue weighted by molar-refractivity contribution is 5.27. The monoisotopic (exact) mass is 239 g/mol. The van der Waals surface area contributed by atoms with Gasteiger partial charge in [0.25, 0.3) is 0 Å². The van der Waals surface area contributed by atoms with Gasteiger partial charge in [-0.2, -0.15) is 0 Å². The molecule has 5 nitrogen and oxygen atoms in total. The van der Waals surface area contributed by atoms with Crippen molar-refractivity contribution in [3.63, 3.8) is 0 Å². The molecule has 1 unspecified atom stereocenters. The molecule has 1 aromatic heterocycles. The molecule has 5 heteroatoms. The van der Waals surface area contributed by atoms with E-state index in [0.29, 0.717) is 6.04 Å². The van der Waals surface area contributed by atoms with Crippen LogP contribution in [0.3, 0.4) is 0 Å². The van der Waals surface area contributed by atoms with E-state index in [1.165, 1.54) is 0 Å². The van der Waals surface area contributed by atoms with Crippen LogP contribution in [0.4, 0.5) is 5.95 Å². The number of rotatable bonds is 6. The summed E-state index contributed by atoms with van der Waals surface area (Å²) >= 11 is 0. The van der Waals surface area contributed by atoms with E-state index < -0.39 is 0 Å². The zero-order valence-electron chi connectivity index (χ0n) is 10.4. The number of aryl methyl sites for hydroxylation is 1. The SMILES string of the molecule is COCCCn1ccnc1NC1CCCOC1. The van der Waals surface area contributed by atoms with Crippen molar-refractivity contribution in [2.24, 2.45) is 0 Å². The molecule has 0 saturated carbocycles. The van der Waals surface area contributed by atoms with Crippen molar-refractivity contribution in [2.45, 2.75) is 31.8 Å². The van der Waals surface area contributed by atoms with E-state index in [4.69, 9.17) is 9.47 Å². The molecule has 0 spiro atoms. The molecule has 1 atom stereocenters. The van der Waals surface area contributed by atoms with Crippen molar-refractivity contribution in [1.29, 1.82) is 0 Å². The van der Waals surface area contributed by atoms with E-state index in [9.17, 15) is 0 Å². The molecule has 0 aromatic carbocycles. The average molecular weight is 239 g/mol. The predicted molar refractivity (Wildman–Crippen MR) is 66.2 cm³/mol. The molecule has 1 saturated heterocycles. The van der Waals surface area contributed by atoms with E-state index in [2.05, 4.69) is 14.9 Å². The number of aromatic nitrogens is 2. The number of hydrogen-bond donors (Lipinski definition) is 1. The number of hydrogen-bond acceptors (Lipinski definition) is 4. The maximum Gasteiger partial charge on any atom is 0.203 e. The zero-order valence-corrected chi connectivity index (χ0v) is 10.4. The van der Waals surface area contributed by atoms with Gasteiger partial charge in [-0.15, -0.1) is 0 Å². The largest absolute Gasteiger partial charge is 0.385 e. The predicted octanol–water partition coefficient (Wildman–Crippen LogP) is 1.51. The minimum Gasteiger partial charge on any atom is -0.385 e. The van der Waals surface area contributed by atoms with Gasteiger partial charge in [0, 0.05) is 39.3 Å². The Labute approximate surface area is 102 Å².